The van der Waals surface area contributed by atoms with Crippen LogP contribution in [-0.4, -0.2) is 12.1 Å². The highest BCUT2D eigenvalue weighted by Gasteiger charge is 2.58. The summed E-state index contributed by atoms with van der Waals surface area (Å²) in [4.78, 5) is 13.0. The molecule has 0 aromatic heterocycles. The molecule has 1 fully saturated rings. The molecule has 0 radical (unpaired) electrons. The van der Waals surface area contributed by atoms with E-state index in [1.165, 1.54) is 0 Å². The minimum atomic E-state index is -0.0958. The van der Waals surface area contributed by atoms with Crippen LogP contribution in [0.15, 0.2) is 0 Å². The van der Waals surface area contributed by atoms with Crippen LogP contribution in [-0.2, 0) is 9.53 Å². The smallest absolute Gasteiger partial charge is 0.310 e. The van der Waals surface area contributed by atoms with Gasteiger partial charge in [0, 0.05) is 5.92 Å². The maximum Gasteiger partial charge on any atom is 0.310 e. The molecule has 23 heavy (non-hydrogen) atoms. The van der Waals surface area contributed by atoms with Crippen LogP contribution in [0.1, 0.15) is 83.1 Å². The number of carbonyl (C=O) groups excluding carboxylic acids is 1. The van der Waals surface area contributed by atoms with Gasteiger partial charge in [-0.1, -0.05) is 83.1 Å². The van der Waals surface area contributed by atoms with Crippen molar-refractivity contribution in [2.75, 3.05) is 0 Å². The maximum absolute atomic E-state index is 13.0. The van der Waals surface area contributed by atoms with E-state index >= 15 is 0 Å². The van der Waals surface area contributed by atoms with Gasteiger partial charge in [-0.3, -0.25) is 4.79 Å². The molecule has 1 saturated heterocycles. The summed E-state index contributed by atoms with van der Waals surface area (Å²) >= 11 is 0. The lowest BCUT2D eigenvalue weighted by molar-refractivity contribution is -0.212. The lowest BCUT2D eigenvalue weighted by Gasteiger charge is -2.57. The molecule has 2 nitrogen and oxygen atoms in total. The summed E-state index contributed by atoms with van der Waals surface area (Å²) in [6, 6.07) is 0. The third-order valence-electron chi connectivity index (χ3n) is 5.36. The summed E-state index contributed by atoms with van der Waals surface area (Å²) in [6.07, 6.45) is -0.0437. The average molecular weight is 325 g/mol. The third kappa shape index (κ3) is 4.31. The molecule has 0 spiro atoms. The Balaban J connectivity index is 3.59. The Kier molecular flexibility index (Phi) is 5.15. The van der Waals surface area contributed by atoms with E-state index in [1.807, 2.05) is 0 Å². The summed E-state index contributed by atoms with van der Waals surface area (Å²) in [7, 11) is 0. The van der Waals surface area contributed by atoms with Gasteiger partial charge in [0.25, 0.3) is 0 Å². The second-order valence-electron chi connectivity index (χ2n) is 11.9. The Morgan fingerprint density at radius 3 is 1.26 bits per heavy atom. The summed E-state index contributed by atoms with van der Waals surface area (Å²) in [5, 5.41) is 0. The number of carbonyl (C=O) groups is 1. The van der Waals surface area contributed by atoms with Gasteiger partial charge in [0.1, 0.15) is 6.10 Å². The molecule has 136 valence electrons. The third-order valence-corrected chi connectivity index (χ3v) is 5.36. The van der Waals surface area contributed by atoms with Crippen LogP contribution in [0.5, 0.6) is 0 Å². The molecule has 1 aliphatic rings. The van der Waals surface area contributed by atoms with Crippen LogP contribution in [0.3, 0.4) is 0 Å². The van der Waals surface area contributed by atoms with E-state index in [1.54, 1.807) is 0 Å². The first-order valence-electron chi connectivity index (χ1n) is 9.09. The SMILES string of the molecule is CC(C)(C)C1OC(=O)C(C(C)(C)C)C(C(C)(C)C)C1C(C)(C)C. The van der Waals surface area contributed by atoms with E-state index in [-0.39, 0.29) is 39.7 Å². The van der Waals surface area contributed by atoms with Gasteiger partial charge in [0.15, 0.2) is 0 Å². The fourth-order valence-corrected chi connectivity index (χ4v) is 4.45. The van der Waals surface area contributed by atoms with Crippen molar-refractivity contribution in [1.82, 2.24) is 0 Å². The van der Waals surface area contributed by atoms with Gasteiger partial charge in [0.2, 0.25) is 0 Å². The predicted octanol–water partition coefficient (Wildman–Crippen LogP) is 5.94. The summed E-state index contributed by atoms with van der Waals surface area (Å²) in [5.74, 6) is 0.570. The number of cyclic esters (lactones) is 1. The molecule has 0 bridgehead atoms. The van der Waals surface area contributed by atoms with E-state index in [2.05, 4.69) is 83.1 Å². The second-order valence-corrected chi connectivity index (χ2v) is 11.9. The fourth-order valence-electron chi connectivity index (χ4n) is 4.45. The first-order valence-corrected chi connectivity index (χ1v) is 9.09. The monoisotopic (exact) mass is 324 g/mol. The van der Waals surface area contributed by atoms with Crippen LogP contribution < -0.4 is 0 Å². The molecule has 0 saturated carbocycles. The van der Waals surface area contributed by atoms with Gasteiger partial charge in [-0.15, -0.1) is 0 Å². The molecule has 1 aliphatic heterocycles. The highest BCUT2D eigenvalue weighted by Crippen LogP contribution is 2.57. The standard InChI is InChI=1S/C21H40O2/c1-18(2,3)13-14(19(4,5)6)16(21(10,11)12)23-17(22)15(13)20(7,8)9/h13-16H,1-12H3. The van der Waals surface area contributed by atoms with E-state index in [0.29, 0.717) is 11.8 Å². The van der Waals surface area contributed by atoms with Crippen molar-refractivity contribution in [2.45, 2.75) is 89.2 Å². The first-order chi connectivity index (χ1) is 9.88. The number of hydrogen-bond acceptors (Lipinski definition) is 2. The molecule has 1 rings (SSSR count). The van der Waals surface area contributed by atoms with Crippen LogP contribution in [0.4, 0.5) is 0 Å². The van der Waals surface area contributed by atoms with E-state index in [0.717, 1.165) is 0 Å². The van der Waals surface area contributed by atoms with Gasteiger partial charge < -0.3 is 4.74 Å². The van der Waals surface area contributed by atoms with E-state index in [4.69, 9.17) is 4.74 Å². The zero-order valence-electron chi connectivity index (χ0n) is 17.6. The lowest BCUT2D eigenvalue weighted by Crippen LogP contribution is -2.60. The van der Waals surface area contributed by atoms with E-state index in [9.17, 15) is 4.79 Å². The Labute approximate surface area is 144 Å². The Hall–Kier alpha value is -0.530. The molecular weight excluding hydrogens is 284 g/mol. The molecule has 0 aromatic rings. The first kappa shape index (κ1) is 20.5. The molecule has 0 amide bonds. The predicted molar refractivity (Wildman–Crippen MR) is 98.2 cm³/mol. The highest BCUT2D eigenvalue weighted by molar-refractivity contribution is 5.75. The van der Waals surface area contributed by atoms with E-state index < -0.39 is 0 Å². The van der Waals surface area contributed by atoms with Crippen molar-refractivity contribution >= 4 is 5.97 Å². The van der Waals surface area contributed by atoms with Crippen molar-refractivity contribution in [1.29, 1.82) is 0 Å². The number of esters is 1. The van der Waals surface area contributed by atoms with Gasteiger partial charge in [-0.2, -0.15) is 0 Å². The molecule has 4 unspecified atom stereocenters. The van der Waals surface area contributed by atoms with Crippen LogP contribution in [0.25, 0.3) is 0 Å². The van der Waals surface area contributed by atoms with Gasteiger partial charge in [-0.05, 0) is 27.6 Å². The fraction of sp³-hybridized carbons (Fsp3) is 0.952. The molecular formula is C21H40O2. The normalized spacial score (nSPS) is 31.0. The lowest BCUT2D eigenvalue weighted by atomic mass is 9.51. The zero-order chi connectivity index (χ0) is 18.6. The average Bonchev–Trinajstić information content (AvgIpc) is 2.21. The summed E-state index contributed by atoms with van der Waals surface area (Å²) in [6.45, 7) is 26.9. The molecule has 0 N–H and O–H groups in total. The minimum Gasteiger partial charge on any atom is -0.461 e. The van der Waals surface area contributed by atoms with Crippen LogP contribution in [0.2, 0.25) is 0 Å². The highest BCUT2D eigenvalue weighted by atomic mass is 16.5. The van der Waals surface area contributed by atoms with Crippen molar-refractivity contribution < 1.29 is 9.53 Å². The largest absolute Gasteiger partial charge is 0.461 e. The number of rotatable bonds is 0. The quantitative estimate of drug-likeness (QED) is 0.515. The van der Waals surface area contributed by atoms with Crippen LogP contribution in [0, 0.1) is 39.4 Å². The van der Waals surface area contributed by atoms with Gasteiger partial charge in [0.05, 0.1) is 5.92 Å². The van der Waals surface area contributed by atoms with Crippen molar-refractivity contribution in [3.8, 4) is 0 Å². The van der Waals surface area contributed by atoms with Crippen LogP contribution >= 0.6 is 0 Å². The summed E-state index contributed by atoms with van der Waals surface area (Å²) in [5.41, 5.74) is -0.0136. The number of hydrogen-bond donors (Lipinski definition) is 0. The van der Waals surface area contributed by atoms with Gasteiger partial charge in [-0.25, -0.2) is 0 Å². The molecule has 0 aromatic carbocycles. The van der Waals surface area contributed by atoms with Crippen molar-refractivity contribution in [3.63, 3.8) is 0 Å². The summed E-state index contributed by atoms with van der Waals surface area (Å²) < 4.78 is 6.12. The number of ether oxygens (including phenoxy) is 1. The zero-order valence-corrected chi connectivity index (χ0v) is 17.6. The topological polar surface area (TPSA) is 26.3 Å². The molecule has 0 aliphatic carbocycles. The Morgan fingerprint density at radius 2 is 1.00 bits per heavy atom. The Morgan fingerprint density at radius 1 is 0.609 bits per heavy atom. The molecule has 1 heterocycles. The second kappa shape index (κ2) is 5.77. The van der Waals surface area contributed by atoms with Gasteiger partial charge >= 0.3 is 5.97 Å². The Bertz CT molecular complexity index is 434. The molecule has 4 atom stereocenters. The molecule has 2 heteroatoms. The maximum atomic E-state index is 13.0. The van der Waals surface area contributed by atoms with Crippen molar-refractivity contribution in [2.24, 2.45) is 39.4 Å². The van der Waals surface area contributed by atoms with Crippen molar-refractivity contribution in [3.05, 3.63) is 0 Å². The minimum absolute atomic E-state index is 0.00199.